The number of amides is 1. The molecule has 3 nitrogen and oxygen atoms in total. The summed E-state index contributed by atoms with van der Waals surface area (Å²) in [4.78, 5) is 12.2. The molecule has 0 aromatic heterocycles. The molecule has 2 unspecified atom stereocenters. The van der Waals surface area contributed by atoms with Crippen LogP contribution in [0.2, 0.25) is 0 Å². The van der Waals surface area contributed by atoms with Crippen LogP contribution in [0.25, 0.3) is 0 Å². The Balaban J connectivity index is 1.82. The Bertz CT molecular complexity index is 678. The van der Waals surface area contributed by atoms with E-state index in [1.807, 2.05) is 25.1 Å². The zero-order valence-electron chi connectivity index (χ0n) is 13.8. The molecule has 0 bridgehead atoms. The second kappa shape index (κ2) is 8.83. The Labute approximate surface area is 150 Å². The lowest BCUT2D eigenvalue weighted by Crippen LogP contribution is -2.41. The average molecular weight is 394 g/mol. The van der Waals surface area contributed by atoms with Crippen molar-refractivity contribution in [3.05, 3.63) is 64.4 Å². The van der Waals surface area contributed by atoms with Crippen LogP contribution in [-0.2, 0) is 11.2 Å². The number of rotatable bonds is 7. The highest BCUT2D eigenvalue weighted by Gasteiger charge is 2.18. The Hall–Kier alpha value is -1.88. The fraction of sp³-hybridized carbons (Fsp3) is 0.316. The summed E-state index contributed by atoms with van der Waals surface area (Å²) in [5.74, 6) is -0.683. The van der Waals surface area contributed by atoms with Gasteiger partial charge < -0.3 is 10.1 Å². The number of halogens is 2. The molecule has 24 heavy (non-hydrogen) atoms. The molecule has 1 N–H and O–H groups in total. The van der Waals surface area contributed by atoms with Gasteiger partial charge in [-0.3, -0.25) is 4.79 Å². The van der Waals surface area contributed by atoms with Crippen LogP contribution in [0, 0.1) is 5.82 Å². The molecule has 1 amide bonds. The molecule has 128 valence electrons. The van der Waals surface area contributed by atoms with E-state index in [1.54, 1.807) is 13.0 Å². The van der Waals surface area contributed by atoms with Gasteiger partial charge in [0.2, 0.25) is 0 Å². The maximum Gasteiger partial charge on any atom is 0.260 e. The van der Waals surface area contributed by atoms with Gasteiger partial charge in [-0.15, -0.1) is 0 Å². The third-order valence-corrected chi connectivity index (χ3v) is 4.16. The summed E-state index contributed by atoms with van der Waals surface area (Å²) in [6, 6.07) is 14.6. The molecular formula is C19H21BrFNO2. The molecule has 2 rings (SSSR count). The van der Waals surface area contributed by atoms with Crippen LogP contribution in [-0.4, -0.2) is 18.1 Å². The number of benzene rings is 2. The van der Waals surface area contributed by atoms with Crippen LogP contribution in [0.3, 0.4) is 0 Å². The minimum atomic E-state index is -0.764. The summed E-state index contributed by atoms with van der Waals surface area (Å²) in [7, 11) is 0. The summed E-state index contributed by atoms with van der Waals surface area (Å²) in [6.07, 6.45) is 0.952. The molecule has 0 saturated heterocycles. The zero-order chi connectivity index (χ0) is 17.5. The van der Waals surface area contributed by atoms with E-state index in [9.17, 15) is 9.18 Å². The van der Waals surface area contributed by atoms with Crippen molar-refractivity contribution in [3.8, 4) is 5.75 Å². The average Bonchev–Trinajstić information content (AvgIpc) is 2.56. The molecular weight excluding hydrogens is 373 g/mol. The first-order chi connectivity index (χ1) is 11.5. The Morgan fingerprint density at radius 2 is 1.92 bits per heavy atom. The van der Waals surface area contributed by atoms with E-state index in [2.05, 4.69) is 33.4 Å². The smallest absolute Gasteiger partial charge is 0.260 e. The van der Waals surface area contributed by atoms with Crippen molar-refractivity contribution in [2.75, 3.05) is 0 Å². The van der Waals surface area contributed by atoms with Gasteiger partial charge in [-0.1, -0.05) is 46.3 Å². The minimum Gasteiger partial charge on any atom is -0.478 e. The molecule has 0 spiro atoms. The van der Waals surface area contributed by atoms with Crippen molar-refractivity contribution in [2.45, 2.75) is 38.8 Å². The zero-order valence-corrected chi connectivity index (χ0v) is 15.3. The first-order valence-corrected chi connectivity index (χ1v) is 8.71. The lowest BCUT2D eigenvalue weighted by molar-refractivity contribution is -0.128. The van der Waals surface area contributed by atoms with Crippen LogP contribution in [0.15, 0.2) is 53.0 Å². The first kappa shape index (κ1) is 18.5. The standard InChI is InChI=1S/C19H21BrFNO2/c1-13(8-9-15-6-4-3-5-7-15)22-19(23)14(2)24-18-11-10-16(20)12-17(18)21/h3-7,10-14H,8-9H2,1-2H3,(H,22,23). The van der Waals surface area contributed by atoms with Crippen molar-refractivity contribution in [1.29, 1.82) is 0 Å². The Morgan fingerprint density at radius 1 is 1.21 bits per heavy atom. The maximum absolute atomic E-state index is 13.8. The number of aryl methyl sites for hydroxylation is 1. The van der Waals surface area contributed by atoms with Crippen molar-refractivity contribution < 1.29 is 13.9 Å². The number of carbonyl (C=O) groups excluding carboxylic acids is 1. The molecule has 0 heterocycles. The largest absolute Gasteiger partial charge is 0.478 e. The van der Waals surface area contributed by atoms with Crippen LogP contribution < -0.4 is 10.1 Å². The summed E-state index contributed by atoms with van der Waals surface area (Å²) < 4.78 is 19.8. The van der Waals surface area contributed by atoms with E-state index >= 15 is 0 Å². The van der Waals surface area contributed by atoms with E-state index < -0.39 is 11.9 Å². The lowest BCUT2D eigenvalue weighted by Gasteiger charge is -2.19. The number of hydrogen-bond acceptors (Lipinski definition) is 2. The minimum absolute atomic E-state index is 0.0125. The summed E-state index contributed by atoms with van der Waals surface area (Å²) in [5.41, 5.74) is 1.24. The van der Waals surface area contributed by atoms with Gasteiger partial charge >= 0.3 is 0 Å². The van der Waals surface area contributed by atoms with Gasteiger partial charge in [-0.25, -0.2) is 4.39 Å². The Morgan fingerprint density at radius 3 is 2.58 bits per heavy atom. The van der Waals surface area contributed by atoms with Crippen LogP contribution in [0.4, 0.5) is 4.39 Å². The highest BCUT2D eigenvalue weighted by molar-refractivity contribution is 9.10. The van der Waals surface area contributed by atoms with Crippen molar-refractivity contribution in [2.24, 2.45) is 0 Å². The van der Waals surface area contributed by atoms with Gasteiger partial charge in [0.05, 0.1) is 0 Å². The van der Waals surface area contributed by atoms with Gasteiger partial charge in [0, 0.05) is 10.5 Å². The summed E-state index contributed by atoms with van der Waals surface area (Å²) in [6.45, 7) is 3.56. The van der Waals surface area contributed by atoms with Gasteiger partial charge in [0.15, 0.2) is 17.7 Å². The third-order valence-electron chi connectivity index (χ3n) is 3.66. The SMILES string of the molecule is CC(CCc1ccccc1)NC(=O)C(C)Oc1ccc(Br)cc1F. The molecule has 5 heteroatoms. The van der Waals surface area contributed by atoms with Crippen molar-refractivity contribution >= 4 is 21.8 Å². The monoisotopic (exact) mass is 393 g/mol. The summed E-state index contributed by atoms with van der Waals surface area (Å²) >= 11 is 3.19. The van der Waals surface area contributed by atoms with Gasteiger partial charge in [-0.05, 0) is 50.5 Å². The first-order valence-electron chi connectivity index (χ1n) is 7.91. The fourth-order valence-corrected chi connectivity index (χ4v) is 2.61. The topological polar surface area (TPSA) is 38.3 Å². The molecule has 2 aromatic carbocycles. The molecule has 0 saturated carbocycles. The highest BCUT2D eigenvalue weighted by Crippen LogP contribution is 2.22. The van der Waals surface area contributed by atoms with Gasteiger partial charge in [0.25, 0.3) is 5.91 Å². The Kier molecular flexibility index (Phi) is 6.79. The number of ether oxygens (including phenoxy) is 1. The predicted octanol–water partition coefficient (Wildman–Crippen LogP) is 4.49. The van der Waals surface area contributed by atoms with E-state index in [1.165, 1.54) is 17.7 Å². The van der Waals surface area contributed by atoms with E-state index in [-0.39, 0.29) is 17.7 Å². The molecule has 2 aromatic rings. The van der Waals surface area contributed by atoms with Crippen LogP contribution in [0.5, 0.6) is 5.75 Å². The molecule has 0 fully saturated rings. The molecule has 0 aliphatic rings. The maximum atomic E-state index is 13.8. The second-order valence-electron chi connectivity index (χ2n) is 5.77. The molecule has 2 atom stereocenters. The van der Waals surface area contributed by atoms with Crippen molar-refractivity contribution in [3.63, 3.8) is 0 Å². The number of carbonyl (C=O) groups is 1. The number of nitrogens with one attached hydrogen (secondary N) is 1. The quantitative estimate of drug-likeness (QED) is 0.752. The predicted molar refractivity (Wildman–Crippen MR) is 96.6 cm³/mol. The van der Waals surface area contributed by atoms with Gasteiger partial charge in [-0.2, -0.15) is 0 Å². The van der Waals surface area contributed by atoms with Gasteiger partial charge in [0.1, 0.15) is 0 Å². The van der Waals surface area contributed by atoms with Crippen molar-refractivity contribution in [1.82, 2.24) is 5.32 Å². The fourth-order valence-electron chi connectivity index (χ4n) is 2.27. The summed E-state index contributed by atoms with van der Waals surface area (Å²) in [5, 5.41) is 2.91. The van der Waals surface area contributed by atoms with Crippen LogP contribution in [0.1, 0.15) is 25.8 Å². The van der Waals surface area contributed by atoms with Crippen LogP contribution >= 0.6 is 15.9 Å². The molecule has 0 aliphatic carbocycles. The third kappa shape index (κ3) is 5.64. The van der Waals surface area contributed by atoms with E-state index in [0.29, 0.717) is 4.47 Å². The van der Waals surface area contributed by atoms with E-state index in [0.717, 1.165) is 12.8 Å². The highest BCUT2D eigenvalue weighted by atomic mass is 79.9. The molecule has 0 radical (unpaired) electrons. The normalized spacial score (nSPS) is 13.2. The molecule has 0 aliphatic heterocycles. The number of hydrogen-bond donors (Lipinski definition) is 1. The second-order valence-corrected chi connectivity index (χ2v) is 6.68. The lowest BCUT2D eigenvalue weighted by atomic mass is 10.1. The van der Waals surface area contributed by atoms with E-state index in [4.69, 9.17) is 4.74 Å².